The molecule has 0 saturated carbocycles. The number of nitrogens with zero attached hydrogens (tertiary/aromatic N) is 1. The highest BCUT2D eigenvalue weighted by molar-refractivity contribution is 6.06. The van der Waals surface area contributed by atoms with Crippen LogP contribution < -0.4 is 9.47 Å². The summed E-state index contributed by atoms with van der Waals surface area (Å²) in [6.45, 7) is 0.779. The van der Waals surface area contributed by atoms with E-state index < -0.39 is 0 Å². The first-order chi connectivity index (χ1) is 16.6. The third-order valence-electron chi connectivity index (χ3n) is 7.29. The first-order valence-corrected chi connectivity index (χ1v) is 12.2. The van der Waals surface area contributed by atoms with Crippen molar-refractivity contribution >= 4 is 11.6 Å². The van der Waals surface area contributed by atoms with Crippen molar-refractivity contribution in [2.75, 3.05) is 20.8 Å². The van der Waals surface area contributed by atoms with Crippen molar-refractivity contribution in [2.45, 2.75) is 50.9 Å². The number of rotatable bonds is 6. The van der Waals surface area contributed by atoms with Gasteiger partial charge in [-0.2, -0.15) is 0 Å². The lowest BCUT2D eigenvalue weighted by Crippen LogP contribution is -2.39. The molecule has 3 aliphatic rings. The first-order valence-electron chi connectivity index (χ1n) is 12.2. The fourth-order valence-corrected chi connectivity index (χ4v) is 5.74. The lowest BCUT2D eigenvalue weighted by atomic mass is 9.71. The Morgan fingerprint density at radius 2 is 1.41 bits per heavy atom. The van der Waals surface area contributed by atoms with E-state index in [0.717, 1.165) is 66.8 Å². The Kier molecular flexibility index (Phi) is 6.27. The van der Waals surface area contributed by atoms with Crippen LogP contribution in [0.4, 0.5) is 0 Å². The topological polar surface area (TPSA) is 55.8 Å². The zero-order valence-corrected chi connectivity index (χ0v) is 19.9. The van der Waals surface area contributed by atoms with E-state index in [1.54, 1.807) is 14.2 Å². The van der Waals surface area contributed by atoms with E-state index in [9.17, 15) is 9.59 Å². The van der Waals surface area contributed by atoms with E-state index in [0.29, 0.717) is 24.3 Å². The second-order valence-corrected chi connectivity index (χ2v) is 9.21. The standard InChI is InChI=1S/C29H31NO4/c1-33-25-15-14-20(18-26(25)34-2)27-28-21(10-6-12-23(28)31)30(17-16-19-8-4-3-5-9-19)22-11-7-13-24(32)29(22)27/h3-5,8-9,14-15,18,27H,6-7,10-13,16-17H2,1-2H3. The Labute approximate surface area is 201 Å². The van der Waals surface area contributed by atoms with Crippen molar-refractivity contribution in [1.29, 1.82) is 0 Å². The molecular weight excluding hydrogens is 426 g/mol. The fraction of sp³-hybridized carbons (Fsp3) is 0.379. The first kappa shape index (κ1) is 22.5. The number of ether oxygens (including phenoxy) is 2. The van der Waals surface area contributed by atoms with Gasteiger partial charge in [0, 0.05) is 47.8 Å². The van der Waals surface area contributed by atoms with Crippen molar-refractivity contribution in [2.24, 2.45) is 0 Å². The van der Waals surface area contributed by atoms with E-state index in [1.807, 2.05) is 24.3 Å². The molecule has 34 heavy (non-hydrogen) atoms. The molecule has 2 aliphatic carbocycles. The predicted molar refractivity (Wildman–Crippen MR) is 131 cm³/mol. The van der Waals surface area contributed by atoms with Gasteiger partial charge in [0.1, 0.15) is 0 Å². The van der Waals surface area contributed by atoms with Gasteiger partial charge in [0.05, 0.1) is 14.2 Å². The zero-order valence-electron chi connectivity index (χ0n) is 19.9. The Bertz CT molecular complexity index is 1130. The van der Waals surface area contributed by atoms with Crippen LogP contribution >= 0.6 is 0 Å². The lowest BCUT2D eigenvalue weighted by Gasteiger charge is -2.44. The smallest absolute Gasteiger partial charge is 0.161 e. The van der Waals surface area contributed by atoms with Crippen LogP contribution in [0.5, 0.6) is 11.5 Å². The van der Waals surface area contributed by atoms with Gasteiger partial charge in [-0.25, -0.2) is 0 Å². The molecule has 0 amide bonds. The number of hydrogen-bond acceptors (Lipinski definition) is 5. The summed E-state index contributed by atoms with van der Waals surface area (Å²) in [6.07, 6.45) is 5.38. The summed E-state index contributed by atoms with van der Waals surface area (Å²) >= 11 is 0. The van der Waals surface area contributed by atoms with Crippen molar-refractivity contribution in [1.82, 2.24) is 4.90 Å². The van der Waals surface area contributed by atoms with Gasteiger partial charge in [-0.3, -0.25) is 9.59 Å². The van der Waals surface area contributed by atoms with Crippen LogP contribution in [0.1, 0.15) is 55.6 Å². The van der Waals surface area contributed by atoms with Gasteiger partial charge >= 0.3 is 0 Å². The Hall–Kier alpha value is -3.34. The normalized spacial score (nSPS) is 18.7. The molecular formula is C29H31NO4. The number of carbonyl (C=O) groups is 2. The Morgan fingerprint density at radius 3 is 2.00 bits per heavy atom. The molecule has 176 valence electrons. The van der Waals surface area contributed by atoms with Gasteiger partial charge in [-0.1, -0.05) is 36.4 Å². The molecule has 0 unspecified atom stereocenters. The fourth-order valence-electron chi connectivity index (χ4n) is 5.74. The van der Waals surface area contributed by atoms with Crippen molar-refractivity contribution in [3.8, 4) is 11.5 Å². The molecule has 0 N–H and O–H groups in total. The van der Waals surface area contributed by atoms with Crippen LogP contribution in [-0.2, 0) is 16.0 Å². The van der Waals surface area contributed by atoms with Gasteiger partial charge in [-0.05, 0) is 55.4 Å². The molecule has 0 aromatic heterocycles. The third-order valence-corrected chi connectivity index (χ3v) is 7.29. The number of hydrogen-bond donors (Lipinski definition) is 0. The summed E-state index contributed by atoms with van der Waals surface area (Å²) in [7, 11) is 3.22. The van der Waals surface area contributed by atoms with Crippen molar-refractivity contribution in [3.63, 3.8) is 0 Å². The van der Waals surface area contributed by atoms with Crippen molar-refractivity contribution in [3.05, 3.63) is 82.2 Å². The minimum absolute atomic E-state index is 0.163. The van der Waals surface area contributed by atoms with Crippen molar-refractivity contribution < 1.29 is 19.1 Å². The van der Waals surface area contributed by atoms with E-state index in [-0.39, 0.29) is 17.5 Å². The molecule has 0 atom stereocenters. The van der Waals surface area contributed by atoms with E-state index in [1.165, 1.54) is 5.56 Å². The van der Waals surface area contributed by atoms with Crippen LogP contribution in [-0.4, -0.2) is 37.2 Å². The Balaban J connectivity index is 1.64. The highest BCUT2D eigenvalue weighted by atomic mass is 16.5. The monoisotopic (exact) mass is 457 g/mol. The van der Waals surface area contributed by atoms with E-state index >= 15 is 0 Å². The highest BCUT2D eigenvalue weighted by Crippen LogP contribution is 2.50. The van der Waals surface area contributed by atoms with Gasteiger partial charge in [0.25, 0.3) is 0 Å². The maximum Gasteiger partial charge on any atom is 0.161 e. The summed E-state index contributed by atoms with van der Waals surface area (Å²) in [5, 5.41) is 0. The second-order valence-electron chi connectivity index (χ2n) is 9.21. The molecule has 0 bridgehead atoms. The number of benzene rings is 2. The maximum absolute atomic E-state index is 13.4. The molecule has 2 aromatic carbocycles. The third kappa shape index (κ3) is 3.93. The number of carbonyl (C=O) groups excluding carboxylic acids is 2. The largest absolute Gasteiger partial charge is 0.493 e. The molecule has 5 rings (SSSR count). The summed E-state index contributed by atoms with van der Waals surface area (Å²) in [6, 6.07) is 16.2. The van der Waals surface area contributed by atoms with Crippen LogP contribution in [0.15, 0.2) is 71.1 Å². The molecule has 0 fully saturated rings. The molecule has 1 aliphatic heterocycles. The molecule has 1 heterocycles. The van der Waals surface area contributed by atoms with Crippen LogP contribution in [0.25, 0.3) is 0 Å². The average molecular weight is 458 g/mol. The number of methoxy groups -OCH3 is 2. The molecule has 0 spiro atoms. The molecule has 2 aromatic rings. The maximum atomic E-state index is 13.4. The number of allylic oxidation sites excluding steroid dienone is 4. The summed E-state index contributed by atoms with van der Waals surface area (Å²) in [5.41, 5.74) is 6.02. The minimum atomic E-state index is -0.335. The predicted octanol–water partition coefficient (Wildman–Crippen LogP) is 5.36. The zero-order chi connectivity index (χ0) is 23.7. The van der Waals surface area contributed by atoms with E-state index in [2.05, 4.69) is 29.2 Å². The summed E-state index contributed by atoms with van der Waals surface area (Å²) in [5.74, 6) is 1.24. The van der Waals surface area contributed by atoms with E-state index in [4.69, 9.17) is 9.47 Å². The van der Waals surface area contributed by atoms with Crippen LogP contribution in [0.3, 0.4) is 0 Å². The number of ketones is 2. The SMILES string of the molecule is COc1ccc(C2C3=C(CCCC3=O)N(CCc3ccccc3)C3=C2C(=O)CCC3)cc1OC. The van der Waals surface area contributed by atoms with Gasteiger partial charge in [0.15, 0.2) is 23.1 Å². The molecule has 0 saturated heterocycles. The Morgan fingerprint density at radius 1 is 0.794 bits per heavy atom. The van der Waals surface area contributed by atoms with Crippen LogP contribution in [0, 0.1) is 0 Å². The van der Waals surface area contributed by atoms with Gasteiger partial charge in [-0.15, -0.1) is 0 Å². The minimum Gasteiger partial charge on any atom is -0.493 e. The molecule has 5 heteroatoms. The highest BCUT2D eigenvalue weighted by Gasteiger charge is 2.43. The van der Waals surface area contributed by atoms with Crippen LogP contribution in [0.2, 0.25) is 0 Å². The second kappa shape index (κ2) is 9.49. The van der Waals surface area contributed by atoms with Gasteiger partial charge in [0.2, 0.25) is 0 Å². The quantitative estimate of drug-likeness (QED) is 0.585. The van der Waals surface area contributed by atoms with Gasteiger partial charge < -0.3 is 14.4 Å². The lowest BCUT2D eigenvalue weighted by molar-refractivity contribution is -0.117. The number of Topliss-reactive ketones (excluding diaryl/α,β-unsaturated/α-hetero) is 2. The average Bonchev–Trinajstić information content (AvgIpc) is 2.87. The summed E-state index contributed by atoms with van der Waals surface area (Å²) in [4.78, 5) is 29.2. The molecule has 0 radical (unpaired) electrons. The molecule has 5 nitrogen and oxygen atoms in total. The summed E-state index contributed by atoms with van der Waals surface area (Å²) < 4.78 is 11.0.